The highest BCUT2D eigenvalue weighted by atomic mass is 19.4. The van der Waals surface area contributed by atoms with Crippen LogP contribution in [0.15, 0.2) is 42.6 Å². The molecule has 2 fully saturated rings. The summed E-state index contributed by atoms with van der Waals surface area (Å²) in [5.74, 6) is -0.501. The van der Waals surface area contributed by atoms with Crippen molar-refractivity contribution in [2.45, 2.75) is 56.8 Å². The summed E-state index contributed by atoms with van der Waals surface area (Å²) in [5, 5.41) is 5.28. The lowest BCUT2D eigenvalue weighted by atomic mass is 9.81. The maximum Gasteiger partial charge on any atom is 0.416 e. The Hall–Kier alpha value is -2.94. The van der Waals surface area contributed by atoms with Gasteiger partial charge >= 0.3 is 6.18 Å². The minimum Gasteiger partial charge on any atom is -0.349 e. The standard InChI is InChI=1S/C25H29F3N4O2/c1-16-5-6-19(12-29-16)17-7-9-22(10-8-17)32-14-21(15-32)31-23(33)13-30-24(34)18-3-2-4-20(11-18)25(26,27)28/h2-6,11-12,17,21-22H,7-10,13-15H2,1H3,(H,30,34)(H,31,33). The van der Waals surface area contributed by atoms with Gasteiger partial charge in [0.25, 0.3) is 5.91 Å². The maximum atomic E-state index is 12.8. The molecule has 0 spiro atoms. The number of nitrogens with zero attached hydrogens (tertiary/aromatic N) is 2. The van der Waals surface area contributed by atoms with Gasteiger partial charge in [-0.2, -0.15) is 13.2 Å². The van der Waals surface area contributed by atoms with E-state index < -0.39 is 17.6 Å². The average molecular weight is 475 g/mol. The van der Waals surface area contributed by atoms with E-state index in [2.05, 4.69) is 32.7 Å². The number of halogens is 3. The van der Waals surface area contributed by atoms with Crippen LogP contribution in [0.2, 0.25) is 0 Å². The second-order valence-corrected chi connectivity index (χ2v) is 9.22. The van der Waals surface area contributed by atoms with Crippen molar-refractivity contribution in [2.24, 2.45) is 0 Å². The van der Waals surface area contributed by atoms with Crippen LogP contribution in [0.4, 0.5) is 13.2 Å². The van der Waals surface area contributed by atoms with Gasteiger partial charge in [0.15, 0.2) is 0 Å². The lowest BCUT2D eigenvalue weighted by Gasteiger charge is -2.46. The number of likely N-dealkylation sites (tertiary alicyclic amines) is 1. The van der Waals surface area contributed by atoms with E-state index in [1.54, 1.807) is 0 Å². The van der Waals surface area contributed by atoms with Crippen molar-refractivity contribution < 1.29 is 22.8 Å². The van der Waals surface area contributed by atoms with Gasteiger partial charge in [0, 0.05) is 36.6 Å². The minimum atomic E-state index is -4.53. The summed E-state index contributed by atoms with van der Waals surface area (Å²) in [4.78, 5) is 31.1. The van der Waals surface area contributed by atoms with Gasteiger partial charge in [0.2, 0.25) is 5.91 Å². The summed E-state index contributed by atoms with van der Waals surface area (Å²) in [6, 6.07) is 8.92. The summed E-state index contributed by atoms with van der Waals surface area (Å²) >= 11 is 0. The van der Waals surface area contributed by atoms with E-state index in [-0.39, 0.29) is 24.1 Å². The fraction of sp³-hybridized carbons (Fsp3) is 0.480. The number of carbonyl (C=O) groups excluding carboxylic acids is 2. The summed E-state index contributed by atoms with van der Waals surface area (Å²) < 4.78 is 38.4. The molecule has 2 N–H and O–H groups in total. The number of nitrogens with one attached hydrogen (secondary N) is 2. The molecule has 182 valence electrons. The number of benzene rings is 1. The van der Waals surface area contributed by atoms with Crippen molar-refractivity contribution >= 4 is 11.8 Å². The molecule has 0 bridgehead atoms. The van der Waals surface area contributed by atoms with Gasteiger partial charge in [0.05, 0.1) is 18.2 Å². The van der Waals surface area contributed by atoms with Crippen molar-refractivity contribution in [3.63, 3.8) is 0 Å². The first-order chi connectivity index (χ1) is 16.2. The maximum absolute atomic E-state index is 12.8. The first-order valence-electron chi connectivity index (χ1n) is 11.6. The molecule has 0 unspecified atom stereocenters. The highest BCUT2D eigenvalue weighted by Crippen LogP contribution is 2.35. The van der Waals surface area contributed by atoms with Crippen molar-refractivity contribution in [3.05, 3.63) is 65.0 Å². The highest BCUT2D eigenvalue weighted by molar-refractivity contribution is 5.96. The number of amides is 2. The fourth-order valence-electron chi connectivity index (χ4n) is 4.78. The van der Waals surface area contributed by atoms with Crippen LogP contribution < -0.4 is 10.6 Å². The molecule has 1 saturated carbocycles. The summed E-state index contributed by atoms with van der Waals surface area (Å²) in [6.07, 6.45) is 1.95. The van der Waals surface area contributed by atoms with Crippen LogP contribution >= 0.6 is 0 Å². The van der Waals surface area contributed by atoms with Crippen molar-refractivity contribution in [3.8, 4) is 0 Å². The molecule has 2 aromatic rings. The molecule has 1 saturated heterocycles. The van der Waals surface area contributed by atoms with Gasteiger partial charge in [-0.3, -0.25) is 19.5 Å². The van der Waals surface area contributed by atoms with Gasteiger partial charge in [-0.25, -0.2) is 0 Å². The van der Waals surface area contributed by atoms with Gasteiger partial charge in [0.1, 0.15) is 0 Å². The summed E-state index contributed by atoms with van der Waals surface area (Å²) in [5.41, 5.74) is 1.31. The number of hydrogen-bond donors (Lipinski definition) is 2. The topological polar surface area (TPSA) is 74.3 Å². The monoisotopic (exact) mass is 474 g/mol. The van der Waals surface area contributed by atoms with Crippen LogP contribution in [0.3, 0.4) is 0 Å². The lowest BCUT2D eigenvalue weighted by molar-refractivity contribution is -0.137. The van der Waals surface area contributed by atoms with E-state index in [1.807, 2.05) is 13.1 Å². The minimum absolute atomic E-state index is 0.0250. The van der Waals surface area contributed by atoms with Crippen molar-refractivity contribution in [1.29, 1.82) is 0 Å². The zero-order valence-corrected chi connectivity index (χ0v) is 19.1. The third-order valence-electron chi connectivity index (χ3n) is 6.76. The Balaban J connectivity index is 1.15. The number of pyridine rings is 1. The van der Waals surface area contributed by atoms with Crippen LogP contribution in [-0.2, 0) is 11.0 Å². The molecule has 2 aliphatic rings. The van der Waals surface area contributed by atoms with Crippen LogP contribution in [0.1, 0.15) is 58.8 Å². The first-order valence-corrected chi connectivity index (χ1v) is 11.6. The lowest BCUT2D eigenvalue weighted by Crippen LogP contribution is -2.63. The van der Waals surface area contributed by atoms with Crippen molar-refractivity contribution in [2.75, 3.05) is 19.6 Å². The predicted octanol–water partition coefficient (Wildman–Crippen LogP) is 3.67. The van der Waals surface area contributed by atoms with Crippen LogP contribution in [0.25, 0.3) is 0 Å². The second-order valence-electron chi connectivity index (χ2n) is 9.22. The van der Waals surface area contributed by atoms with Crippen LogP contribution in [0.5, 0.6) is 0 Å². The summed E-state index contributed by atoms with van der Waals surface area (Å²) in [7, 11) is 0. The Bertz CT molecular complexity index is 1010. The highest BCUT2D eigenvalue weighted by Gasteiger charge is 2.35. The molecule has 0 radical (unpaired) electrons. The number of alkyl halides is 3. The zero-order valence-electron chi connectivity index (χ0n) is 19.1. The fourth-order valence-corrected chi connectivity index (χ4v) is 4.78. The normalized spacial score (nSPS) is 21.5. The van der Waals surface area contributed by atoms with Crippen LogP contribution in [-0.4, -0.2) is 53.4 Å². The molecule has 1 aliphatic heterocycles. The Morgan fingerprint density at radius 1 is 1.09 bits per heavy atom. The molecule has 1 aliphatic carbocycles. The smallest absolute Gasteiger partial charge is 0.349 e. The van der Waals surface area contributed by atoms with E-state index in [0.717, 1.165) is 56.6 Å². The largest absolute Gasteiger partial charge is 0.416 e. The van der Waals surface area contributed by atoms with E-state index in [9.17, 15) is 22.8 Å². The second kappa shape index (κ2) is 10.1. The van der Waals surface area contributed by atoms with Crippen molar-refractivity contribution in [1.82, 2.24) is 20.5 Å². The Morgan fingerprint density at radius 2 is 1.82 bits per heavy atom. The third-order valence-corrected chi connectivity index (χ3v) is 6.76. The average Bonchev–Trinajstić information content (AvgIpc) is 2.80. The Labute approximate surface area is 196 Å². The Morgan fingerprint density at radius 3 is 2.47 bits per heavy atom. The SMILES string of the molecule is Cc1ccc(C2CCC(N3CC(NC(=O)CNC(=O)c4cccc(C(F)(F)F)c4)C3)CC2)cn1. The predicted molar refractivity (Wildman–Crippen MR) is 121 cm³/mol. The molecule has 6 nitrogen and oxygen atoms in total. The molecule has 9 heteroatoms. The van der Waals surface area contributed by atoms with E-state index in [4.69, 9.17) is 0 Å². The van der Waals surface area contributed by atoms with E-state index in [0.29, 0.717) is 12.0 Å². The molecular formula is C25H29F3N4O2. The van der Waals surface area contributed by atoms with Crippen LogP contribution in [0, 0.1) is 6.92 Å². The van der Waals surface area contributed by atoms with Gasteiger partial charge in [-0.05, 0) is 68.4 Å². The molecule has 2 amide bonds. The number of hydrogen-bond acceptors (Lipinski definition) is 4. The number of aryl methyl sites for hydroxylation is 1. The molecule has 1 aromatic carbocycles. The first kappa shape index (κ1) is 24.2. The third kappa shape index (κ3) is 5.94. The quantitative estimate of drug-likeness (QED) is 0.670. The number of rotatable bonds is 6. The van der Waals surface area contributed by atoms with E-state index >= 15 is 0 Å². The van der Waals surface area contributed by atoms with Gasteiger partial charge < -0.3 is 10.6 Å². The Kier molecular flexibility index (Phi) is 7.21. The van der Waals surface area contributed by atoms with Gasteiger partial charge in [-0.15, -0.1) is 0 Å². The molecule has 34 heavy (non-hydrogen) atoms. The molecule has 0 atom stereocenters. The molecular weight excluding hydrogens is 445 g/mol. The number of aromatic nitrogens is 1. The molecule has 4 rings (SSSR count). The van der Waals surface area contributed by atoms with E-state index in [1.165, 1.54) is 17.7 Å². The van der Waals surface area contributed by atoms with Gasteiger partial charge in [-0.1, -0.05) is 12.1 Å². The molecule has 1 aromatic heterocycles. The molecule has 2 heterocycles. The summed E-state index contributed by atoms with van der Waals surface area (Å²) in [6.45, 7) is 3.26. The number of carbonyl (C=O) groups is 2. The zero-order chi connectivity index (χ0) is 24.3.